The molecule has 0 bridgehead atoms. The van der Waals surface area contributed by atoms with Gasteiger partial charge in [-0.1, -0.05) is 36.8 Å². The third-order valence-electron chi connectivity index (χ3n) is 4.99. The molecule has 2 aromatic carbocycles. The Bertz CT molecular complexity index is 1220. The maximum atomic E-state index is 12.3. The minimum atomic E-state index is -0.388. The van der Waals surface area contributed by atoms with E-state index in [2.05, 4.69) is 21.0 Å². The summed E-state index contributed by atoms with van der Waals surface area (Å²) in [5.74, 6) is -0.792. The zero-order chi connectivity index (χ0) is 24.5. The molecule has 0 atom stereocenters. The largest absolute Gasteiger partial charge is 0.353 e. The Hall–Kier alpha value is -4.27. The lowest BCUT2D eigenvalue weighted by molar-refractivity contribution is -0.122. The molecule has 1 heterocycles. The van der Waals surface area contributed by atoms with Crippen LogP contribution in [-0.2, 0) is 16.1 Å². The standard InChI is InChI=1S/C25H27N5O4/c1-3-22(31)28-20-10-8-19(9-11-20)25(34)27-15-14-26-23(32)16-30-24(33)13-12-21(29-30)18-6-4-17(2)5-7-18/h4-13H,3,14-16H2,1-2H3,(H,26,32)(H,27,34)(H,28,31). The van der Waals surface area contributed by atoms with Crippen LogP contribution in [0.5, 0.6) is 0 Å². The van der Waals surface area contributed by atoms with Crippen LogP contribution in [0.1, 0.15) is 29.3 Å². The van der Waals surface area contributed by atoms with Crippen molar-refractivity contribution < 1.29 is 14.4 Å². The predicted octanol–water partition coefficient (Wildman–Crippen LogP) is 2.11. The molecule has 0 saturated carbocycles. The van der Waals surface area contributed by atoms with E-state index < -0.39 is 0 Å². The first kappa shape index (κ1) is 24.4. The molecule has 1 aromatic heterocycles. The number of rotatable bonds is 9. The normalized spacial score (nSPS) is 10.4. The summed E-state index contributed by atoms with van der Waals surface area (Å²) >= 11 is 0. The highest BCUT2D eigenvalue weighted by molar-refractivity contribution is 5.95. The minimum absolute atomic E-state index is 0.104. The van der Waals surface area contributed by atoms with Crippen LogP contribution in [0.4, 0.5) is 5.69 Å². The van der Waals surface area contributed by atoms with Gasteiger partial charge in [0.25, 0.3) is 11.5 Å². The molecule has 0 spiro atoms. The average molecular weight is 462 g/mol. The number of carbonyl (C=O) groups is 3. The number of carbonyl (C=O) groups excluding carboxylic acids is 3. The monoisotopic (exact) mass is 461 g/mol. The van der Waals surface area contributed by atoms with Crippen molar-refractivity contribution in [3.05, 3.63) is 82.1 Å². The Morgan fingerprint density at radius 1 is 0.853 bits per heavy atom. The van der Waals surface area contributed by atoms with Crippen molar-refractivity contribution in [2.75, 3.05) is 18.4 Å². The number of anilines is 1. The molecule has 0 aliphatic carbocycles. The molecule has 0 saturated heterocycles. The third kappa shape index (κ3) is 6.86. The van der Waals surface area contributed by atoms with Gasteiger partial charge in [0, 0.05) is 42.4 Å². The summed E-state index contributed by atoms with van der Waals surface area (Å²) in [5, 5.41) is 12.4. The summed E-state index contributed by atoms with van der Waals surface area (Å²) in [6.45, 7) is 3.92. The van der Waals surface area contributed by atoms with E-state index in [0.717, 1.165) is 15.8 Å². The second-order valence-electron chi connectivity index (χ2n) is 7.67. The van der Waals surface area contributed by atoms with Crippen LogP contribution in [0.25, 0.3) is 11.3 Å². The molecular weight excluding hydrogens is 434 g/mol. The molecule has 3 rings (SSSR count). The average Bonchev–Trinajstić information content (AvgIpc) is 2.84. The lowest BCUT2D eigenvalue weighted by Gasteiger charge is -2.10. The number of nitrogens with zero attached hydrogens (tertiary/aromatic N) is 2. The van der Waals surface area contributed by atoms with Gasteiger partial charge in [-0.3, -0.25) is 19.2 Å². The first-order valence-corrected chi connectivity index (χ1v) is 11.0. The quantitative estimate of drug-likeness (QED) is 0.421. The van der Waals surface area contributed by atoms with Crippen LogP contribution in [0.2, 0.25) is 0 Å². The van der Waals surface area contributed by atoms with Crippen molar-refractivity contribution in [1.29, 1.82) is 0 Å². The van der Waals surface area contributed by atoms with Crippen molar-refractivity contribution in [1.82, 2.24) is 20.4 Å². The van der Waals surface area contributed by atoms with Gasteiger partial charge in [0.15, 0.2) is 0 Å². The second-order valence-corrected chi connectivity index (χ2v) is 7.67. The van der Waals surface area contributed by atoms with E-state index in [1.165, 1.54) is 6.07 Å². The summed E-state index contributed by atoms with van der Waals surface area (Å²) in [5.41, 5.74) is 3.23. The van der Waals surface area contributed by atoms with Gasteiger partial charge in [0.2, 0.25) is 11.8 Å². The summed E-state index contributed by atoms with van der Waals surface area (Å²) < 4.78 is 1.11. The lowest BCUT2D eigenvalue weighted by Crippen LogP contribution is -2.38. The molecule has 3 aromatic rings. The zero-order valence-electron chi connectivity index (χ0n) is 19.1. The van der Waals surface area contributed by atoms with Crippen molar-refractivity contribution in [3.63, 3.8) is 0 Å². The molecule has 3 amide bonds. The van der Waals surface area contributed by atoms with Crippen LogP contribution in [-0.4, -0.2) is 40.6 Å². The maximum Gasteiger partial charge on any atom is 0.267 e. The van der Waals surface area contributed by atoms with Gasteiger partial charge < -0.3 is 16.0 Å². The molecule has 9 nitrogen and oxygen atoms in total. The maximum absolute atomic E-state index is 12.3. The SMILES string of the molecule is CCC(=O)Nc1ccc(C(=O)NCCNC(=O)Cn2nc(-c3ccc(C)cc3)ccc2=O)cc1. The van der Waals surface area contributed by atoms with E-state index in [1.807, 2.05) is 31.2 Å². The van der Waals surface area contributed by atoms with Crippen LogP contribution in [0, 0.1) is 6.92 Å². The van der Waals surface area contributed by atoms with E-state index in [0.29, 0.717) is 23.4 Å². The van der Waals surface area contributed by atoms with E-state index in [4.69, 9.17) is 0 Å². The number of amides is 3. The highest BCUT2D eigenvalue weighted by Crippen LogP contribution is 2.15. The molecule has 0 radical (unpaired) electrons. The fraction of sp³-hybridized carbons (Fsp3) is 0.240. The molecule has 0 aliphatic heterocycles. The van der Waals surface area contributed by atoms with Crippen molar-refractivity contribution in [3.8, 4) is 11.3 Å². The second kappa shape index (κ2) is 11.6. The summed E-state index contributed by atoms with van der Waals surface area (Å²) in [4.78, 5) is 48.0. The summed E-state index contributed by atoms with van der Waals surface area (Å²) in [6, 6.07) is 17.2. The van der Waals surface area contributed by atoms with Crippen molar-refractivity contribution in [2.45, 2.75) is 26.8 Å². The molecule has 9 heteroatoms. The van der Waals surface area contributed by atoms with Crippen LogP contribution in [0.3, 0.4) is 0 Å². The molecule has 3 N–H and O–H groups in total. The number of aryl methyl sites for hydroxylation is 1. The number of hydrogen-bond acceptors (Lipinski definition) is 5. The molecule has 0 unspecified atom stereocenters. The summed E-state index contributed by atoms with van der Waals surface area (Å²) in [6.07, 6.45) is 0.372. The van der Waals surface area contributed by atoms with E-state index in [9.17, 15) is 19.2 Å². The van der Waals surface area contributed by atoms with Gasteiger partial charge in [-0.15, -0.1) is 0 Å². The number of aromatic nitrogens is 2. The molecule has 0 fully saturated rings. The topological polar surface area (TPSA) is 122 Å². The van der Waals surface area contributed by atoms with Crippen LogP contribution >= 0.6 is 0 Å². The van der Waals surface area contributed by atoms with Gasteiger partial charge in [0.1, 0.15) is 6.54 Å². The van der Waals surface area contributed by atoms with E-state index >= 15 is 0 Å². The highest BCUT2D eigenvalue weighted by Gasteiger charge is 2.09. The number of benzene rings is 2. The van der Waals surface area contributed by atoms with Gasteiger partial charge >= 0.3 is 0 Å². The third-order valence-corrected chi connectivity index (χ3v) is 4.99. The molecule has 34 heavy (non-hydrogen) atoms. The van der Waals surface area contributed by atoms with Gasteiger partial charge in [-0.2, -0.15) is 5.10 Å². The predicted molar refractivity (Wildman–Crippen MR) is 129 cm³/mol. The Morgan fingerprint density at radius 3 is 2.21 bits per heavy atom. The fourth-order valence-corrected chi connectivity index (χ4v) is 3.07. The van der Waals surface area contributed by atoms with E-state index in [1.54, 1.807) is 37.3 Å². The molecule has 0 aliphatic rings. The first-order valence-electron chi connectivity index (χ1n) is 11.0. The minimum Gasteiger partial charge on any atom is -0.353 e. The lowest BCUT2D eigenvalue weighted by atomic mass is 10.1. The molecular formula is C25H27N5O4. The fourth-order valence-electron chi connectivity index (χ4n) is 3.07. The van der Waals surface area contributed by atoms with E-state index in [-0.39, 0.29) is 42.9 Å². The smallest absolute Gasteiger partial charge is 0.267 e. The Labute approximate surface area is 197 Å². The van der Waals surface area contributed by atoms with Crippen molar-refractivity contribution >= 4 is 23.4 Å². The van der Waals surface area contributed by atoms with Gasteiger partial charge in [-0.25, -0.2) is 4.68 Å². The van der Waals surface area contributed by atoms with Crippen LogP contribution < -0.4 is 21.5 Å². The first-order chi connectivity index (χ1) is 16.4. The van der Waals surface area contributed by atoms with Gasteiger partial charge in [-0.05, 0) is 37.3 Å². The number of hydrogen-bond donors (Lipinski definition) is 3. The zero-order valence-corrected chi connectivity index (χ0v) is 19.1. The number of nitrogens with one attached hydrogen (secondary N) is 3. The van der Waals surface area contributed by atoms with Gasteiger partial charge in [0.05, 0.1) is 5.69 Å². The summed E-state index contributed by atoms with van der Waals surface area (Å²) in [7, 11) is 0. The Balaban J connectivity index is 1.47. The Morgan fingerprint density at radius 2 is 1.53 bits per heavy atom. The van der Waals surface area contributed by atoms with Crippen LogP contribution in [0.15, 0.2) is 65.5 Å². The Kier molecular flexibility index (Phi) is 8.28. The highest BCUT2D eigenvalue weighted by atomic mass is 16.2. The van der Waals surface area contributed by atoms with Crippen molar-refractivity contribution in [2.24, 2.45) is 0 Å². The molecule has 176 valence electrons.